The maximum absolute atomic E-state index is 12.2. The molecule has 17 heavy (non-hydrogen) atoms. The van der Waals surface area contributed by atoms with Crippen LogP contribution in [0.25, 0.3) is 0 Å². The van der Waals surface area contributed by atoms with E-state index in [9.17, 15) is 4.79 Å². The Morgan fingerprint density at radius 1 is 1.47 bits per heavy atom. The average Bonchev–Trinajstić information content (AvgIpc) is 2.69. The van der Waals surface area contributed by atoms with E-state index in [-0.39, 0.29) is 11.9 Å². The Kier molecular flexibility index (Phi) is 3.33. The second-order valence-electron chi connectivity index (χ2n) is 4.58. The first-order chi connectivity index (χ1) is 8.11. The monoisotopic (exact) mass is 234 g/mol. The summed E-state index contributed by atoms with van der Waals surface area (Å²) in [6, 6.07) is 7.31. The van der Waals surface area contributed by atoms with Gasteiger partial charge >= 0.3 is 0 Å². The second kappa shape index (κ2) is 4.75. The van der Waals surface area contributed by atoms with Crippen LogP contribution in [0.5, 0.6) is 5.75 Å². The van der Waals surface area contributed by atoms with E-state index in [0.29, 0.717) is 23.8 Å². The molecule has 0 saturated carbocycles. The molecule has 1 saturated heterocycles. The SMILES string of the molecule is COc1cccc(C(=O)N2CC(C)C(N)C2)c1. The maximum Gasteiger partial charge on any atom is 0.254 e. The Balaban J connectivity index is 2.14. The van der Waals surface area contributed by atoms with Gasteiger partial charge in [0, 0.05) is 24.7 Å². The van der Waals surface area contributed by atoms with Crippen LogP contribution < -0.4 is 10.5 Å². The third kappa shape index (κ3) is 2.42. The number of methoxy groups -OCH3 is 1. The average molecular weight is 234 g/mol. The van der Waals surface area contributed by atoms with E-state index in [4.69, 9.17) is 10.5 Å². The van der Waals surface area contributed by atoms with Gasteiger partial charge in [0.05, 0.1) is 7.11 Å². The molecule has 0 aliphatic carbocycles. The molecule has 4 heteroatoms. The minimum atomic E-state index is 0.0312. The van der Waals surface area contributed by atoms with Gasteiger partial charge in [0.25, 0.3) is 5.91 Å². The van der Waals surface area contributed by atoms with Crippen LogP contribution in [0.3, 0.4) is 0 Å². The Morgan fingerprint density at radius 2 is 2.24 bits per heavy atom. The lowest BCUT2D eigenvalue weighted by atomic mass is 10.1. The van der Waals surface area contributed by atoms with E-state index < -0.39 is 0 Å². The van der Waals surface area contributed by atoms with Crippen molar-refractivity contribution in [1.29, 1.82) is 0 Å². The molecule has 1 aromatic rings. The van der Waals surface area contributed by atoms with Crippen LogP contribution in [0.15, 0.2) is 24.3 Å². The van der Waals surface area contributed by atoms with Gasteiger partial charge in [-0.3, -0.25) is 4.79 Å². The standard InChI is InChI=1S/C13H18N2O2/c1-9-7-15(8-12(9)14)13(16)10-4-3-5-11(6-10)17-2/h3-6,9,12H,7-8,14H2,1-2H3. The van der Waals surface area contributed by atoms with Gasteiger partial charge in [-0.05, 0) is 24.1 Å². The molecular formula is C13H18N2O2. The first kappa shape index (κ1) is 11.9. The lowest BCUT2D eigenvalue weighted by Crippen LogP contribution is -2.32. The molecule has 0 bridgehead atoms. The summed E-state index contributed by atoms with van der Waals surface area (Å²) >= 11 is 0. The smallest absolute Gasteiger partial charge is 0.254 e. The van der Waals surface area contributed by atoms with Crippen molar-refractivity contribution in [1.82, 2.24) is 4.90 Å². The molecule has 2 atom stereocenters. The largest absolute Gasteiger partial charge is 0.497 e. The molecule has 1 aliphatic rings. The number of hydrogen-bond acceptors (Lipinski definition) is 3. The van der Waals surface area contributed by atoms with E-state index in [0.717, 1.165) is 6.54 Å². The van der Waals surface area contributed by atoms with Crippen LogP contribution in [-0.2, 0) is 0 Å². The summed E-state index contributed by atoms with van der Waals surface area (Å²) < 4.78 is 5.11. The summed E-state index contributed by atoms with van der Waals surface area (Å²) in [4.78, 5) is 14.0. The van der Waals surface area contributed by atoms with Gasteiger partial charge in [-0.2, -0.15) is 0 Å². The highest BCUT2D eigenvalue weighted by atomic mass is 16.5. The fraction of sp³-hybridized carbons (Fsp3) is 0.462. The van der Waals surface area contributed by atoms with Crippen LogP contribution in [-0.4, -0.2) is 37.0 Å². The normalized spacial score (nSPS) is 23.8. The van der Waals surface area contributed by atoms with Crippen molar-refractivity contribution in [2.75, 3.05) is 20.2 Å². The molecule has 4 nitrogen and oxygen atoms in total. The van der Waals surface area contributed by atoms with Crippen molar-refractivity contribution in [3.05, 3.63) is 29.8 Å². The molecule has 1 heterocycles. The molecule has 92 valence electrons. The number of likely N-dealkylation sites (tertiary alicyclic amines) is 1. The van der Waals surface area contributed by atoms with Gasteiger partial charge in [0.1, 0.15) is 5.75 Å². The topological polar surface area (TPSA) is 55.6 Å². The molecule has 0 spiro atoms. The van der Waals surface area contributed by atoms with Crippen LogP contribution in [0.4, 0.5) is 0 Å². The predicted molar refractivity (Wildman–Crippen MR) is 66.0 cm³/mol. The van der Waals surface area contributed by atoms with Crippen LogP contribution in [0, 0.1) is 5.92 Å². The minimum Gasteiger partial charge on any atom is -0.497 e. The summed E-state index contributed by atoms with van der Waals surface area (Å²) in [7, 11) is 1.59. The second-order valence-corrected chi connectivity index (χ2v) is 4.58. The summed E-state index contributed by atoms with van der Waals surface area (Å²) in [5, 5.41) is 0. The van der Waals surface area contributed by atoms with Crippen molar-refractivity contribution in [3.8, 4) is 5.75 Å². The Morgan fingerprint density at radius 3 is 2.82 bits per heavy atom. The molecule has 1 amide bonds. The molecular weight excluding hydrogens is 216 g/mol. The van der Waals surface area contributed by atoms with Crippen molar-refractivity contribution in [3.63, 3.8) is 0 Å². The van der Waals surface area contributed by atoms with Gasteiger partial charge < -0.3 is 15.4 Å². The lowest BCUT2D eigenvalue weighted by Gasteiger charge is -2.16. The first-order valence-electron chi connectivity index (χ1n) is 5.80. The summed E-state index contributed by atoms with van der Waals surface area (Å²) in [5.41, 5.74) is 6.58. The van der Waals surface area contributed by atoms with Crippen molar-refractivity contribution in [2.45, 2.75) is 13.0 Å². The van der Waals surface area contributed by atoms with Crippen LogP contribution >= 0.6 is 0 Å². The minimum absolute atomic E-state index is 0.0312. The number of carbonyl (C=O) groups is 1. The van der Waals surface area contributed by atoms with Crippen molar-refractivity contribution < 1.29 is 9.53 Å². The number of carbonyl (C=O) groups excluding carboxylic acids is 1. The summed E-state index contributed by atoms with van der Waals surface area (Å²) in [6.45, 7) is 3.44. The van der Waals surface area contributed by atoms with Gasteiger partial charge in [-0.25, -0.2) is 0 Å². The van der Waals surface area contributed by atoms with E-state index in [1.165, 1.54) is 0 Å². The van der Waals surface area contributed by atoms with Gasteiger partial charge in [-0.1, -0.05) is 13.0 Å². The highest BCUT2D eigenvalue weighted by Gasteiger charge is 2.30. The summed E-state index contributed by atoms with van der Waals surface area (Å²) in [5.74, 6) is 1.10. The van der Waals surface area contributed by atoms with Gasteiger partial charge in [-0.15, -0.1) is 0 Å². The number of nitrogens with two attached hydrogens (primary N) is 1. The van der Waals surface area contributed by atoms with Crippen LogP contribution in [0.2, 0.25) is 0 Å². The maximum atomic E-state index is 12.2. The molecule has 2 rings (SSSR count). The highest BCUT2D eigenvalue weighted by molar-refractivity contribution is 5.94. The summed E-state index contributed by atoms with van der Waals surface area (Å²) in [6.07, 6.45) is 0. The van der Waals surface area contributed by atoms with Gasteiger partial charge in [0.2, 0.25) is 0 Å². The first-order valence-corrected chi connectivity index (χ1v) is 5.80. The number of ether oxygens (including phenoxy) is 1. The third-order valence-electron chi connectivity index (χ3n) is 3.27. The Hall–Kier alpha value is -1.55. The molecule has 0 radical (unpaired) electrons. The quantitative estimate of drug-likeness (QED) is 0.834. The zero-order valence-corrected chi connectivity index (χ0v) is 10.2. The molecule has 2 unspecified atom stereocenters. The molecule has 2 N–H and O–H groups in total. The van der Waals surface area contributed by atoms with Crippen molar-refractivity contribution >= 4 is 5.91 Å². The van der Waals surface area contributed by atoms with Gasteiger partial charge in [0.15, 0.2) is 0 Å². The zero-order valence-electron chi connectivity index (χ0n) is 10.2. The molecule has 1 fully saturated rings. The molecule has 1 aliphatic heterocycles. The van der Waals surface area contributed by atoms with E-state index >= 15 is 0 Å². The number of rotatable bonds is 2. The van der Waals surface area contributed by atoms with Crippen molar-refractivity contribution in [2.24, 2.45) is 11.7 Å². The lowest BCUT2D eigenvalue weighted by molar-refractivity contribution is 0.0786. The van der Waals surface area contributed by atoms with Crippen LogP contribution in [0.1, 0.15) is 17.3 Å². The molecule has 1 aromatic carbocycles. The number of nitrogens with zero attached hydrogens (tertiary/aromatic N) is 1. The van der Waals surface area contributed by atoms with E-state index in [1.807, 2.05) is 17.0 Å². The number of benzene rings is 1. The highest BCUT2D eigenvalue weighted by Crippen LogP contribution is 2.19. The fourth-order valence-corrected chi connectivity index (χ4v) is 2.10. The molecule has 0 aromatic heterocycles. The zero-order chi connectivity index (χ0) is 12.4. The third-order valence-corrected chi connectivity index (χ3v) is 3.27. The predicted octanol–water partition coefficient (Wildman–Crippen LogP) is 1.11. The fourth-order valence-electron chi connectivity index (χ4n) is 2.10. The van der Waals surface area contributed by atoms with E-state index in [2.05, 4.69) is 6.92 Å². The Labute approximate surface area is 101 Å². The van der Waals surface area contributed by atoms with E-state index in [1.54, 1.807) is 19.2 Å². The number of amides is 1. The Bertz CT molecular complexity index is 410. The number of hydrogen-bond donors (Lipinski definition) is 1.